The summed E-state index contributed by atoms with van der Waals surface area (Å²) >= 11 is 1.82. The number of para-hydroxylation sites is 1. The van der Waals surface area contributed by atoms with E-state index in [0.717, 1.165) is 42.4 Å². The molecule has 3 heterocycles. The van der Waals surface area contributed by atoms with Gasteiger partial charge in [0, 0.05) is 35.1 Å². The van der Waals surface area contributed by atoms with E-state index in [1.54, 1.807) is 6.20 Å². The highest BCUT2D eigenvalue weighted by atomic mass is 32.2. The lowest BCUT2D eigenvalue weighted by Gasteiger charge is -2.30. The third kappa shape index (κ3) is 6.88. The van der Waals surface area contributed by atoms with Crippen LogP contribution in [0.5, 0.6) is 0 Å². The summed E-state index contributed by atoms with van der Waals surface area (Å²) < 4.78 is 27.8. The van der Waals surface area contributed by atoms with Gasteiger partial charge >= 0.3 is 0 Å². The molecule has 0 atom stereocenters. The van der Waals surface area contributed by atoms with Crippen molar-refractivity contribution in [3.05, 3.63) is 59.9 Å². The topological polar surface area (TPSA) is 64.6 Å². The normalized spacial score (nSPS) is 15.9. The molecule has 0 saturated carbocycles. The number of benzene rings is 1. The van der Waals surface area contributed by atoms with Crippen LogP contribution in [0.4, 0.5) is 14.5 Å². The zero-order valence-corrected chi connectivity index (χ0v) is 19.8. The van der Waals surface area contributed by atoms with E-state index in [-0.39, 0.29) is 18.8 Å². The largest absolute Gasteiger partial charge is 0.310 e. The summed E-state index contributed by atoms with van der Waals surface area (Å²) in [4.78, 5) is 4.56. The van der Waals surface area contributed by atoms with Crippen LogP contribution in [0.3, 0.4) is 0 Å². The molecule has 0 aliphatic carbocycles. The van der Waals surface area contributed by atoms with E-state index in [4.69, 9.17) is 5.26 Å². The summed E-state index contributed by atoms with van der Waals surface area (Å²) in [6, 6.07) is 14.0. The van der Waals surface area contributed by atoms with Crippen LogP contribution < -0.4 is 4.31 Å². The standard InChI is InChI=1S/C22H22BF2N5S.C2H6/c24-22(25)21-12-20(28-29-21)16-6-7-17(27-13-16)14-30(18-4-2-1-3-5-18)31-19-8-10-23(15-26)11-9-19;1-2/h1-7,13,19,22H,8-12,14H2;1-2H3. The minimum absolute atomic E-state index is 0.0655. The van der Waals surface area contributed by atoms with Gasteiger partial charge in [0.25, 0.3) is 13.1 Å². The molecule has 0 bridgehead atoms. The Labute approximate surface area is 199 Å². The van der Waals surface area contributed by atoms with Gasteiger partial charge in [-0.25, -0.2) is 14.0 Å². The molecule has 0 N–H and O–H groups in total. The van der Waals surface area contributed by atoms with Crippen LogP contribution in [0, 0.1) is 11.2 Å². The summed E-state index contributed by atoms with van der Waals surface area (Å²) in [6.45, 7) is 4.81. The highest BCUT2D eigenvalue weighted by Crippen LogP contribution is 2.35. The van der Waals surface area contributed by atoms with Crippen LogP contribution >= 0.6 is 11.9 Å². The van der Waals surface area contributed by atoms with E-state index in [0.29, 0.717) is 17.5 Å². The first-order valence-corrected chi connectivity index (χ1v) is 12.2. The van der Waals surface area contributed by atoms with Crippen molar-refractivity contribution < 1.29 is 8.78 Å². The molecule has 5 nitrogen and oxygen atoms in total. The van der Waals surface area contributed by atoms with Crippen LogP contribution in [0.25, 0.3) is 0 Å². The zero-order chi connectivity index (χ0) is 23.6. The van der Waals surface area contributed by atoms with Gasteiger partial charge in [-0.1, -0.05) is 44.7 Å². The number of hydrogen-bond acceptors (Lipinski definition) is 6. The second-order valence-electron chi connectivity index (χ2n) is 7.73. The van der Waals surface area contributed by atoms with Gasteiger partial charge in [0.05, 0.1) is 18.0 Å². The maximum atomic E-state index is 12.8. The lowest BCUT2D eigenvalue weighted by atomic mass is 9.43. The van der Waals surface area contributed by atoms with Crippen LogP contribution in [0.15, 0.2) is 58.9 Å². The second-order valence-corrected chi connectivity index (χ2v) is 9.05. The van der Waals surface area contributed by atoms with Crippen molar-refractivity contribution >= 4 is 35.8 Å². The lowest BCUT2D eigenvalue weighted by molar-refractivity contribution is 0.224. The molecule has 33 heavy (non-hydrogen) atoms. The highest BCUT2D eigenvalue weighted by Gasteiger charge is 2.27. The van der Waals surface area contributed by atoms with Crippen LogP contribution in [-0.2, 0) is 6.54 Å². The monoisotopic (exact) mass is 467 g/mol. The van der Waals surface area contributed by atoms with Crippen molar-refractivity contribution in [1.82, 2.24) is 4.98 Å². The maximum Gasteiger partial charge on any atom is 0.278 e. The Morgan fingerprint density at radius 1 is 1.12 bits per heavy atom. The van der Waals surface area contributed by atoms with Gasteiger partial charge < -0.3 is 4.31 Å². The van der Waals surface area contributed by atoms with Gasteiger partial charge in [-0.2, -0.15) is 10.2 Å². The minimum atomic E-state index is -2.58. The molecule has 0 spiro atoms. The fraction of sp³-hybridized carbons (Fsp3) is 0.417. The molecular weight excluding hydrogens is 439 g/mol. The molecule has 0 radical (unpaired) electrons. The Morgan fingerprint density at radius 3 is 2.42 bits per heavy atom. The van der Waals surface area contributed by atoms with Crippen LogP contribution in [0.2, 0.25) is 12.6 Å². The van der Waals surface area contributed by atoms with E-state index < -0.39 is 6.43 Å². The fourth-order valence-electron chi connectivity index (χ4n) is 3.74. The Balaban J connectivity index is 0.00000149. The third-order valence-electron chi connectivity index (χ3n) is 5.54. The summed E-state index contributed by atoms with van der Waals surface area (Å²) in [5.74, 6) is 2.39. The molecule has 1 saturated heterocycles. The number of rotatable bonds is 7. The van der Waals surface area contributed by atoms with Gasteiger partial charge in [0.15, 0.2) is 0 Å². The van der Waals surface area contributed by atoms with Gasteiger partial charge in [0.2, 0.25) is 0 Å². The van der Waals surface area contributed by atoms with Crippen molar-refractivity contribution in [1.29, 1.82) is 5.26 Å². The first-order chi connectivity index (χ1) is 16.1. The summed E-state index contributed by atoms with van der Waals surface area (Å²) in [6.07, 6.45) is 3.15. The molecule has 1 aromatic carbocycles. The zero-order valence-electron chi connectivity index (χ0n) is 19.0. The molecule has 2 aromatic rings. The first-order valence-electron chi connectivity index (χ1n) is 11.4. The molecule has 1 fully saturated rings. The number of hydrogen-bond donors (Lipinski definition) is 0. The number of pyridine rings is 1. The number of alkyl halides is 2. The summed E-state index contributed by atoms with van der Waals surface area (Å²) in [5.41, 5.74) is 3.04. The highest BCUT2D eigenvalue weighted by molar-refractivity contribution is 8.01. The molecule has 1 aromatic heterocycles. The Bertz CT molecular complexity index is 984. The van der Waals surface area contributed by atoms with Crippen molar-refractivity contribution in [3.8, 4) is 5.97 Å². The minimum Gasteiger partial charge on any atom is -0.310 e. The molecule has 0 amide bonds. The number of nitrogens with zero attached hydrogens (tertiary/aromatic N) is 5. The van der Waals surface area contributed by atoms with Crippen molar-refractivity contribution in [3.63, 3.8) is 0 Å². The van der Waals surface area contributed by atoms with Crippen molar-refractivity contribution in [2.45, 2.75) is 64.0 Å². The van der Waals surface area contributed by atoms with Crippen molar-refractivity contribution in [2.24, 2.45) is 10.2 Å². The molecule has 2 aliphatic rings. The lowest BCUT2D eigenvalue weighted by Crippen LogP contribution is -2.26. The smallest absolute Gasteiger partial charge is 0.278 e. The predicted molar refractivity (Wildman–Crippen MR) is 134 cm³/mol. The number of anilines is 1. The number of nitriles is 1. The van der Waals surface area contributed by atoms with Gasteiger partial charge in [-0.05, 0) is 49.1 Å². The molecule has 4 rings (SSSR count). The molecule has 0 unspecified atom stereocenters. The molecule has 9 heteroatoms. The fourth-order valence-corrected chi connectivity index (χ4v) is 5.04. The molecular formula is C24H28BF2N5S. The Kier molecular flexibility index (Phi) is 9.43. The predicted octanol–water partition coefficient (Wildman–Crippen LogP) is 6.30. The van der Waals surface area contributed by atoms with E-state index in [9.17, 15) is 8.78 Å². The average Bonchev–Trinajstić information content (AvgIpc) is 3.37. The SMILES string of the molecule is CC.N#CB1CCC(SN(Cc2ccc(C3=NN=C(C(F)F)C3)cn2)c2ccccc2)CC1. The first kappa shape index (κ1) is 24.9. The molecule has 172 valence electrons. The quantitative estimate of drug-likeness (QED) is 0.354. The van der Waals surface area contributed by atoms with E-state index in [1.807, 2.05) is 56.1 Å². The van der Waals surface area contributed by atoms with E-state index in [1.165, 1.54) is 0 Å². The van der Waals surface area contributed by atoms with Gasteiger partial charge in [-0.15, -0.1) is 0 Å². The molecule has 2 aliphatic heterocycles. The maximum absolute atomic E-state index is 12.8. The van der Waals surface area contributed by atoms with Crippen LogP contribution in [0.1, 0.15) is 44.4 Å². The van der Waals surface area contributed by atoms with E-state index in [2.05, 4.69) is 37.6 Å². The van der Waals surface area contributed by atoms with Gasteiger partial charge in [-0.3, -0.25) is 4.98 Å². The average molecular weight is 467 g/mol. The summed E-state index contributed by atoms with van der Waals surface area (Å²) in [5, 5.41) is 17.1. The summed E-state index contributed by atoms with van der Waals surface area (Å²) in [7, 11) is 0. The second kappa shape index (κ2) is 12.5. The van der Waals surface area contributed by atoms with Crippen molar-refractivity contribution in [2.75, 3.05) is 4.31 Å². The van der Waals surface area contributed by atoms with Crippen LogP contribution in [-0.4, -0.2) is 34.8 Å². The van der Waals surface area contributed by atoms with Gasteiger partial charge in [0.1, 0.15) is 5.71 Å². The Hall–Kier alpha value is -2.73. The number of aromatic nitrogens is 1. The number of halogens is 2. The third-order valence-corrected chi connectivity index (χ3v) is 6.90. The van der Waals surface area contributed by atoms with E-state index >= 15 is 0 Å². The Morgan fingerprint density at radius 2 is 1.85 bits per heavy atom.